The lowest BCUT2D eigenvalue weighted by molar-refractivity contribution is -0.137. The molecule has 0 aliphatic carbocycles. The van der Waals surface area contributed by atoms with Gasteiger partial charge in [-0.1, -0.05) is 0 Å². The number of hydrogen-bond donors (Lipinski definition) is 1. The van der Waals surface area contributed by atoms with Gasteiger partial charge in [-0.15, -0.1) is 0 Å². The predicted molar refractivity (Wildman–Crippen MR) is 84.2 cm³/mol. The molecule has 1 N–H and O–H groups in total. The van der Waals surface area contributed by atoms with Crippen molar-refractivity contribution in [2.24, 2.45) is 0 Å². The van der Waals surface area contributed by atoms with Crippen LogP contribution in [0.4, 0.5) is 0 Å². The Balaban J connectivity index is 1.97. The van der Waals surface area contributed by atoms with Gasteiger partial charge in [-0.2, -0.15) is 0 Å². The molecule has 3 amide bonds. The quantitative estimate of drug-likeness (QED) is 0.206. The SMILES string of the molecule is O=C(I)COCCOCCNC(=O)CCN1C(=O)C=CC1=O. The van der Waals surface area contributed by atoms with E-state index in [2.05, 4.69) is 5.32 Å². The molecule has 1 aliphatic rings. The average Bonchev–Trinajstić information content (AvgIpc) is 2.78. The molecule has 0 saturated carbocycles. The molecule has 0 radical (unpaired) electrons. The number of ether oxygens (including phenoxy) is 2. The maximum absolute atomic E-state index is 11.5. The molecule has 0 atom stereocenters. The van der Waals surface area contributed by atoms with Gasteiger partial charge in [-0.3, -0.25) is 24.1 Å². The maximum atomic E-state index is 11.5. The van der Waals surface area contributed by atoms with Crippen molar-refractivity contribution in [1.29, 1.82) is 0 Å². The van der Waals surface area contributed by atoms with Crippen LogP contribution in [0.1, 0.15) is 6.42 Å². The second-order valence-corrected chi connectivity index (χ2v) is 5.48. The van der Waals surface area contributed by atoms with Gasteiger partial charge in [0.2, 0.25) is 9.70 Å². The van der Waals surface area contributed by atoms with Crippen LogP contribution in [-0.4, -0.2) is 65.9 Å². The van der Waals surface area contributed by atoms with E-state index in [4.69, 9.17) is 9.47 Å². The van der Waals surface area contributed by atoms with Gasteiger partial charge < -0.3 is 14.8 Å². The molecular formula is C13H17IN2O6. The highest BCUT2D eigenvalue weighted by Gasteiger charge is 2.23. The van der Waals surface area contributed by atoms with E-state index >= 15 is 0 Å². The third kappa shape index (κ3) is 7.61. The van der Waals surface area contributed by atoms with E-state index in [1.807, 2.05) is 0 Å². The van der Waals surface area contributed by atoms with Crippen molar-refractivity contribution >= 4 is 44.1 Å². The summed E-state index contributed by atoms with van der Waals surface area (Å²) < 4.78 is 10.1. The molecule has 22 heavy (non-hydrogen) atoms. The van der Waals surface area contributed by atoms with Crippen LogP contribution in [-0.2, 0) is 28.7 Å². The van der Waals surface area contributed by atoms with Gasteiger partial charge in [0, 0.05) is 54.3 Å². The second-order valence-electron chi connectivity index (χ2n) is 4.28. The highest BCUT2D eigenvalue weighted by atomic mass is 127. The summed E-state index contributed by atoms with van der Waals surface area (Å²) >= 11 is 1.65. The first-order valence-corrected chi connectivity index (χ1v) is 7.72. The van der Waals surface area contributed by atoms with Crippen molar-refractivity contribution in [3.63, 3.8) is 0 Å². The van der Waals surface area contributed by atoms with Crippen LogP contribution in [0.2, 0.25) is 0 Å². The van der Waals surface area contributed by atoms with Gasteiger partial charge in [0.15, 0.2) is 0 Å². The molecule has 8 nitrogen and oxygen atoms in total. The highest BCUT2D eigenvalue weighted by molar-refractivity contribution is 14.1. The zero-order valence-corrected chi connectivity index (χ0v) is 14.0. The molecule has 0 unspecified atom stereocenters. The number of nitrogens with one attached hydrogen (secondary N) is 1. The first-order chi connectivity index (χ1) is 10.5. The van der Waals surface area contributed by atoms with Crippen LogP contribution in [0, 0.1) is 0 Å². The Kier molecular flexibility index (Phi) is 8.85. The number of carbonyl (C=O) groups excluding carboxylic acids is 4. The van der Waals surface area contributed by atoms with E-state index < -0.39 is 11.8 Å². The van der Waals surface area contributed by atoms with Crippen LogP contribution in [0.15, 0.2) is 12.2 Å². The molecule has 0 fully saturated rings. The van der Waals surface area contributed by atoms with Gasteiger partial charge in [0.1, 0.15) is 6.61 Å². The Labute approximate surface area is 141 Å². The van der Waals surface area contributed by atoms with E-state index in [0.717, 1.165) is 4.90 Å². The largest absolute Gasteiger partial charge is 0.377 e. The van der Waals surface area contributed by atoms with E-state index in [1.54, 1.807) is 22.6 Å². The Bertz CT molecular complexity index is 447. The molecule has 1 aliphatic heterocycles. The maximum Gasteiger partial charge on any atom is 0.253 e. The Morgan fingerprint density at radius 2 is 1.73 bits per heavy atom. The number of rotatable bonds is 11. The summed E-state index contributed by atoms with van der Waals surface area (Å²) in [6, 6.07) is 0. The zero-order chi connectivity index (χ0) is 16.4. The van der Waals surface area contributed by atoms with Gasteiger partial charge in [0.25, 0.3) is 11.8 Å². The van der Waals surface area contributed by atoms with Gasteiger partial charge in [-0.05, 0) is 0 Å². The van der Waals surface area contributed by atoms with Crippen molar-refractivity contribution in [3.8, 4) is 0 Å². The summed E-state index contributed by atoms with van der Waals surface area (Å²) in [5.41, 5.74) is 0. The fourth-order valence-electron chi connectivity index (χ4n) is 1.59. The van der Waals surface area contributed by atoms with Crippen LogP contribution >= 0.6 is 22.6 Å². The second kappa shape index (κ2) is 10.4. The lowest BCUT2D eigenvalue weighted by atomic mass is 10.3. The minimum Gasteiger partial charge on any atom is -0.377 e. The molecule has 122 valence electrons. The summed E-state index contributed by atoms with van der Waals surface area (Å²) in [5, 5.41) is 2.62. The summed E-state index contributed by atoms with van der Waals surface area (Å²) in [7, 11) is 0. The van der Waals surface area contributed by atoms with Crippen LogP contribution in [0.3, 0.4) is 0 Å². The standard InChI is InChI=1S/C13H17IN2O6/c14-10(17)9-22-8-7-21-6-4-15-11(18)3-5-16-12(19)1-2-13(16)20/h1-2H,3-9H2,(H,15,18). The molecule has 0 spiro atoms. The minimum absolute atomic E-state index is 0.0556. The average molecular weight is 424 g/mol. The Hall–Kier alpha value is -1.33. The third-order valence-electron chi connectivity index (χ3n) is 2.62. The van der Waals surface area contributed by atoms with Crippen LogP contribution < -0.4 is 5.32 Å². The molecule has 0 aromatic rings. The molecule has 0 aromatic carbocycles. The zero-order valence-electron chi connectivity index (χ0n) is 11.9. The van der Waals surface area contributed by atoms with E-state index in [9.17, 15) is 19.2 Å². The van der Waals surface area contributed by atoms with Crippen molar-refractivity contribution in [2.75, 3.05) is 39.5 Å². The third-order valence-corrected chi connectivity index (χ3v) is 2.93. The first-order valence-electron chi connectivity index (χ1n) is 6.64. The molecule has 9 heteroatoms. The van der Waals surface area contributed by atoms with Gasteiger partial charge in [0.05, 0.1) is 19.8 Å². The normalized spacial score (nSPS) is 13.8. The molecule has 1 heterocycles. The molecular weight excluding hydrogens is 407 g/mol. The topological polar surface area (TPSA) is 102 Å². The van der Waals surface area contributed by atoms with E-state index in [0.29, 0.717) is 26.4 Å². The molecule has 0 saturated heterocycles. The van der Waals surface area contributed by atoms with E-state index in [-0.39, 0.29) is 29.3 Å². The van der Waals surface area contributed by atoms with Gasteiger partial charge in [-0.25, -0.2) is 0 Å². The monoisotopic (exact) mass is 424 g/mol. The number of halogens is 1. The molecule has 0 aromatic heterocycles. The van der Waals surface area contributed by atoms with Crippen LogP contribution in [0.5, 0.6) is 0 Å². The summed E-state index contributed by atoms with van der Waals surface area (Å²) in [6.45, 7) is 1.41. The number of hydrogen-bond acceptors (Lipinski definition) is 6. The predicted octanol–water partition coefficient (Wildman–Crippen LogP) is -0.587. The van der Waals surface area contributed by atoms with Crippen molar-refractivity contribution in [1.82, 2.24) is 10.2 Å². The summed E-state index contributed by atoms with van der Waals surface area (Å²) in [6.07, 6.45) is 2.42. The number of carbonyl (C=O) groups is 4. The highest BCUT2D eigenvalue weighted by Crippen LogP contribution is 2.03. The minimum atomic E-state index is -0.397. The lowest BCUT2D eigenvalue weighted by Gasteiger charge is -2.13. The van der Waals surface area contributed by atoms with E-state index in [1.165, 1.54) is 12.2 Å². The fourth-order valence-corrected chi connectivity index (χ4v) is 1.81. The van der Waals surface area contributed by atoms with Crippen molar-refractivity contribution in [2.45, 2.75) is 6.42 Å². The number of amides is 3. The summed E-state index contributed by atoms with van der Waals surface area (Å²) in [5.74, 6) is -1.06. The first kappa shape index (κ1) is 18.7. The summed E-state index contributed by atoms with van der Waals surface area (Å²) in [4.78, 5) is 45.6. The van der Waals surface area contributed by atoms with Crippen molar-refractivity contribution in [3.05, 3.63) is 12.2 Å². The number of nitrogens with zero attached hydrogens (tertiary/aromatic N) is 1. The molecule has 0 bridgehead atoms. The Morgan fingerprint density at radius 3 is 2.36 bits per heavy atom. The fraction of sp³-hybridized carbons (Fsp3) is 0.538. The van der Waals surface area contributed by atoms with Gasteiger partial charge >= 0.3 is 0 Å². The number of imide groups is 1. The smallest absolute Gasteiger partial charge is 0.253 e. The Morgan fingerprint density at radius 1 is 1.09 bits per heavy atom. The lowest BCUT2D eigenvalue weighted by Crippen LogP contribution is -2.35. The van der Waals surface area contributed by atoms with Crippen LogP contribution in [0.25, 0.3) is 0 Å². The van der Waals surface area contributed by atoms with Crippen molar-refractivity contribution < 1.29 is 28.7 Å². The molecule has 1 rings (SSSR count).